The van der Waals surface area contributed by atoms with Crippen LogP contribution >= 0.6 is 0 Å². The average Bonchev–Trinajstić information content (AvgIpc) is 2.25. The number of aliphatic hydroxyl groups is 1. The van der Waals surface area contributed by atoms with E-state index in [1.165, 1.54) is 12.1 Å². The predicted molar refractivity (Wildman–Crippen MR) is 61.4 cm³/mol. The van der Waals surface area contributed by atoms with Crippen molar-refractivity contribution in [1.82, 2.24) is 5.32 Å². The third-order valence-electron chi connectivity index (χ3n) is 2.29. The van der Waals surface area contributed by atoms with Crippen LogP contribution < -0.4 is 11.1 Å². The smallest absolute Gasteiger partial charge is 0.337 e. The Morgan fingerprint density at radius 2 is 2.11 bits per heavy atom. The molecule has 0 saturated carbocycles. The number of benzene rings is 1. The number of rotatable bonds is 4. The third kappa shape index (κ3) is 3.17. The van der Waals surface area contributed by atoms with E-state index in [4.69, 9.17) is 10.8 Å². The Bertz CT molecular complexity index is 488. The van der Waals surface area contributed by atoms with Gasteiger partial charge in [0, 0.05) is 5.69 Å². The van der Waals surface area contributed by atoms with E-state index in [0.29, 0.717) is 0 Å². The van der Waals surface area contributed by atoms with Crippen molar-refractivity contribution in [2.75, 3.05) is 12.3 Å². The fourth-order valence-electron chi connectivity index (χ4n) is 1.14. The van der Waals surface area contributed by atoms with E-state index >= 15 is 0 Å². The highest BCUT2D eigenvalue weighted by Gasteiger charge is 2.30. The topological polar surface area (TPSA) is 113 Å². The van der Waals surface area contributed by atoms with Crippen LogP contribution in [0.3, 0.4) is 0 Å². The molecule has 1 aromatic carbocycles. The number of carboxylic acids is 1. The first-order valence-corrected chi connectivity index (χ1v) is 5.03. The molecule has 98 valence electrons. The lowest BCUT2D eigenvalue weighted by atomic mass is 10.1. The number of hydrogen-bond donors (Lipinski definition) is 4. The van der Waals surface area contributed by atoms with Gasteiger partial charge in [0.15, 0.2) is 5.60 Å². The monoisotopic (exact) mass is 256 g/mol. The molecule has 0 fully saturated rings. The molecule has 0 radical (unpaired) electrons. The maximum absolute atomic E-state index is 13.4. The van der Waals surface area contributed by atoms with Crippen molar-refractivity contribution in [2.24, 2.45) is 0 Å². The van der Waals surface area contributed by atoms with E-state index in [1.807, 2.05) is 0 Å². The van der Waals surface area contributed by atoms with Crippen LogP contribution in [0.2, 0.25) is 0 Å². The van der Waals surface area contributed by atoms with Gasteiger partial charge >= 0.3 is 5.97 Å². The largest absolute Gasteiger partial charge is 0.479 e. The minimum atomic E-state index is -2.11. The van der Waals surface area contributed by atoms with Gasteiger partial charge in [-0.3, -0.25) is 4.79 Å². The number of nitrogens with one attached hydrogen (secondary N) is 1. The molecule has 0 aromatic heterocycles. The molecular formula is C11H13FN2O4. The number of anilines is 1. The number of amides is 1. The molecule has 7 heteroatoms. The van der Waals surface area contributed by atoms with E-state index in [2.05, 4.69) is 5.32 Å². The molecule has 5 N–H and O–H groups in total. The average molecular weight is 256 g/mol. The first-order valence-electron chi connectivity index (χ1n) is 5.03. The van der Waals surface area contributed by atoms with Crippen LogP contribution in [-0.2, 0) is 4.79 Å². The van der Waals surface area contributed by atoms with Crippen LogP contribution in [-0.4, -0.2) is 34.2 Å². The summed E-state index contributed by atoms with van der Waals surface area (Å²) in [7, 11) is 0. The zero-order chi connectivity index (χ0) is 13.9. The molecule has 0 saturated heterocycles. The van der Waals surface area contributed by atoms with Gasteiger partial charge in [-0.05, 0) is 25.1 Å². The molecule has 1 rings (SSSR count). The van der Waals surface area contributed by atoms with Gasteiger partial charge < -0.3 is 21.3 Å². The Labute approximate surface area is 102 Å². The van der Waals surface area contributed by atoms with Gasteiger partial charge in [-0.25, -0.2) is 9.18 Å². The summed E-state index contributed by atoms with van der Waals surface area (Å²) in [5.41, 5.74) is 3.11. The van der Waals surface area contributed by atoms with E-state index < -0.39 is 29.8 Å². The fourth-order valence-corrected chi connectivity index (χ4v) is 1.14. The van der Waals surface area contributed by atoms with Crippen molar-refractivity contribution in [3.8, 4) is 0 Å². The van der Waals surface area contributed by atoms with E-state index in [-0.39, 0.29) is 11.3 Å². The molecule has 1 unspecified atom stereocenters. The summed E-state index contributed by atoms with van der Waals surface area (Å²) in [6.45, 7) is 0.486. The minimum Gasteiger partial charge on any atom is -0.479 e. The van der Waals surface area contributed by atoms with Crippen molar-refractivity contribution in [2.45, 2.75) is 12.5 Å². The summed E-state index contributed by atoms with van der Waals surface area (Å²) in [6.07, 6.45) is 0. The standard InChI is InChI=1S/C11H13FN2O4/c1-11(18,10(16)17)5-14-9(15)7-3-2-6(13)4-8(7)12/h2-4,18H,5,13H2,1H3,(H,14,15)(H,16,17). The van der Waals surface area contributed by atoms with Gasteiger partial charge in [0.2, 0.25) is 0 Å². The molecule has 0 bridgehead atoms. The van der Waals surface area contributed by atoms with Gasteiger partial charge in [0.25, 0.3) is 5.91 Å². The van der Waals surface area contributed by atoms with Gasteiger partial charge in [0.05, 0.1) is 12.1 Å². The first kappa shape index (κ1) is 13.9. The summed E-state index contributed by atoms with van der Waals surface area (Å²) in [4.78, 5) is 22.1. The SMILES string of the molecule is CC(O)(CNC(=O)c1ccc(N)cc1F)C(=O)O. The zero-order valence-corrected chi connectivity index (χ0v) is 9.61. The molecule has 0 heterocycles. The molecular weight excluding hydrogens is 243 g/mol. The van der Waals surface area contributed by atoms with Crippen molar-refractivity contribution < 1.29 is 24.2 Å². The number of nitrogens with two attached hydrogens (primary N) is 1. The third-order valence-corrected chi connectivity index (χ3v) is 2.29. The number of halogens is 1. The Morgan fingerprint density at radius 3 is 2.61 bits per heavy atom. The van der Waals surface area contributed by atoms with Gasteiger partial charge in [0.1, 0.15) is 5.82 Å². The second-order valence-corrected chi connectivity index (χ2v) is 4.00. The Morgan fingerprint density at radius 1 is 1.50 bits per heavy atom. The molecule has 0 spiro atoms. The zero-order valence-electron chi connectivity index (χ0n) is 9.61. The maximum atomic E-state index is 13.4. The number of carbonyl (C=O) groups excluding carboxylic acids is 1. The molecule has 1 atom stereocenters. The lowest BCUT2D eigenvalue weighted by molar-refractivity contribution is -0.155. The number of nitrogen functional groups attached to an aromatic ring is 1. The van der Waals surface area contributed by atoms with E-state index in [0.717, 1.165) is 13.0 Å². The lowest BCUT2D eigenvalue weighted by Crippen LogP contribution is -2.46. The quantitative estimate of drug-likeness (QED) is 0.565. The summed E-state index contributed by atoms with van der Waals surface area (Å²) >= 11 is 0. The molecule has 0 aliphatic rings. The second-order valence-electron chi connectivity index (χ2n) is 4.00. The number of carboxylic acid groups (broad SMARTS) is 1. The molecule has 0 aliphatic heterocycles. The molecule has 0 aliphatic carbocycles. The normalized spacial score (nSPS) is 13.7. The van der Waals surface area contributed by atoms with Crippen LogP contribution in [0.4, 0.5) is 10.1 Å². The molecule has 1 aromatic rings. The van der Waals surface area contributed by atoms with Crippen LogP contribution in [0.5, 0.6) is 0 Å². The van der Waals surface area contributed by atoms with E-state index in [9.17, 15) is 19.1 Å². The number of carbonyl (C=O) groups is 2. The fraction of sp³-hybridized carbons (Fsp3) is 0.273. The van der Waals surface area contributed by atoms with Gasteiger partial charge in [-0.15, -0.1) is 0 Å². The molecule has 6 nitrogen and oxygen atoms in total. The first-order chi connectivity index (χ1) is 8.24. The summed E-state index contributed by atoms with van der Waals surface area (Å²) in [5.74, 6) is -3.13. The highest BCUT2D eigenvalue weighted by Crippen LogP contribution is 2.12. The summed E-state index contributed by atoms with van der Waals surface area (Å²) in [6, 6.07) is 3.49. The summed E-state index contributed by atoms with van der Waals surface area (Å²) in [5, 5.41) is 20.1. The van der Waals surface area contributed by atoms with Gasteiger partial charge in [-0.2, -0.15) is 0 Å². The minimum absolute atomic E-state index is 0.168. The number of aliphatic carboxylic acids is 1. The van der Waals surface area contributed by atoms with Crippen LogP contribution in [0.15, 0.2) is 18.2 Å². The molecule has 18 heavy (non-hydrogen) atoms. The number of hydrogen-bond acceptors (Lipinski definition) is 4. The predicted octanol–water partition coefficient (Wildman–Crippen LogP) is -0.0267. The Kier molecular flexibility index (Phi) is 3.87. The lowest BCUT2D eigenvalue weighted by Gasteiger charge is -2.18. The van der Waals surface area contributed by atoms with Crippen molar-refractivity contribution in [3.63, 3.8) is 0 Å². The second kappa shape index (κ2) is 5.01. The maximum Gasteiger partial charge on any atom is 0.337 e. The van der Waals surface area contributed by atoms with E-state index in [1.54, 1.807) is 0 Å². The van der Waals surface area contributed by atoms with Crippen LogP contribution in [0.25, 0.3) is 0 Å². The van der Waals surface area contributed by atoms with Gasteiger partial charge in [-0.1, -0.05) is 0 Å². The Hall–Kier alpha value is -2.15. The summed E-state index contributed by atoms with van der Waals surface area (Å²) < 4.78 is 13.4. The van der Waals surface area contributed by atoms with Crippen molar-refractivity contribution >= 4 is 17.6 Å². The van der Waals surface area contributed by atoms with Crippen molar-refractivity contribution in [1.29, 1.82) is 0 Å². The highest BCUT2D eigenvalue weighted by molar-refractivity contribution is 5.95. The van der Waals surface area contributed by atoms with Crippen molar-refractivity contribution in [3.05, 3.63) is 29.6 Å². The Balaban J connectivity index is 2.75. The highest BCUT2D eigenvalue weighted by atomic mass is 19.1. The van der Waals surface area contributed by atoms with Crippen LogP contribution in [0, 0.1) is 5.82 Å². The van der Waals surface area contributed by atoms with Crippen LogP contribution in [0.1, 0.15) is 17.3 Å². The molecule has 1 amide bonds.